The Morgan fingerprint density at radius 2 is 2.06 bits per heavy atom. The van der Waals surface area contributed by atoms with E-state index in [9.17, 15) is 9.18 Å². The van der Waals surface area contributed by atoms with Crippen LogP contribution in [0.2, 0.25) is 0 Å². The van der Waals surface area contributed by atoms with Gasteiger partial charge < -0.3 is 9.64 Å². The number of amides is 1. The number of ether oxygens (including phenoxy) is 1. The summed E-state index contributed by atoms with van der Waals surface area (Å²) in [4.78, 5) is 13.6. The van der Waals surface area contributed by atoms with Crippen LogP contribution >= 0.6 is 0 Å². The molecule has 3 nitrogen and oxygen atoms in total. The summed E-state index contributed by atoms with van der Waals surface area (Å²) < 4.78 is 18.4. The second-order valence-electron chi connectivity index (χ2n) is 5.56. The summed E-state index contributed by atoms with van der Waals surface area (Å²) in [6, 6.07) is 4.71. The van der Waals surface area contributed by atoms with E-state index < -0.39 is 5.60 Å². The van der Waals surface area contributed by atoms with Crippen molar-refractivity contribution in [3.8, 4) is 0 Å². The molecular weight excluding hydrogens is 233 g/mol. The average molecular weight is 251 g/mol. The standard InChI is InChI=1S/C14H18FNO2/c1-14(2,3)18-13(17)16-7-6-10-8-12(15)5-4-11(10)9-16/h4-5,8H,6-7,9H2,1-3H3. The van der Waals surface area contributed by atoms with Crippen LogP contribution in [0, 0.1) is 5.82 Å². The second kappa shape index (κ2) is 4.59. The molecule has 0 fully saturated rings. The molecule has 0 aliphatic carbocycles. The number of fused-ring (bicyclic) bond motifs is 1. The first kappa shape index (κ1) is 12.9. The third kappa shape index (κ3) is 3.00. The molecule has 98 valence electrons. The zero-order chi connectivity index (χ0) is 13.3. The van der Waals surface area contributed by atoms with E-state index in [0.717, 1.165) is 11.1 Å². The Labute approximate surface area is 107 Å². The molecule has 1 aromatic carbocycles. The number of halogens is 1. The van der Waals surface area contributed by atoms with Gasteiger partial charge in [-0.05, 0) is 50.5 Å². The quantitative estimate of drug-likeness (QED) is 0.709. The molecule has 1 aromatic rings. The predicted octanol–water partition coefficient (Wildman–Crippen LogP) is 3.12. The minimum absolute atomic E-state index is 0.223. The number of carbonyl (C=O) groups is 1. The summed E-state index contributed by atoms with van der Waals surface area (Å²) in [7, 11) is 0. The zero-order valence-corrected chi connectivity index (χ0v) is 11.0. The van der Waals surface area contributed by atoms with Gasteiger partial charge in [-0.15, -0.1) is 0 Å². The van der Waals surface area contributed by atoms with Crippen molar-refractivity contribution in [2.75, 3.05) is 6.54 Å². The van der Waals surface area contributed by atoms with Crippen molar-refractivity contribution in [3.63, 3.8) is 0 Å². The normalized spacial score (nSPS) is 15.2. The number of hydrogen-bond acceptors (Lipinski definition) is 2. The third-order valence-corrected chi connectivity index (χ3v) is 2.83. The van der Waals surface area contributed by atoms with E-state index in [2.05, 4.69) is 0 Å². The van der Waals surface area contributed by atoms with E-state index in [0.29, 0.717) is 19.5 Å². The number of hydrogen-bond donors (Lipinski definition) is 0. The van der Waals surface area contributed by atoms with Crippen LogP contribution in [-0.2, 0) is 17.7 Å². The molecule has 0 saturated carbocycles. The maximum atomic E-state index is 13.1. The molecule has 1 heterocycles. The van der Waals surface area contributed by atoms with Crippen molar-refractivity contribution < 1.29 is 13.9 Å². The molecule has 1 aliphatic rings. The molecule has 2 rings (SSSR count). The molecule has 1 amide bonds. The largest absolute Gasteiger partial charge is 0.444 e. The van der Waals surface area contributed by atoms with E-state index >= 15 is 0 Å². The smallest absolute Gasteiger partial charge is 0.410 e. The van der Waals surface area contributed by atoms with Gasteiger partial charge in [-0.1, -0.05) is 6.07 Å². The lowest BCUT2D eigenvalue weighted by Gasteiger charge is -2.31. The van der Waals surface area contributed by atoms with Crippen molar-refractivity contribution >= 4 is 6.09 Å². The minimum Gasteiger partial charge on any atom is -0.444 e. The van der Waals surface area contributed by atoms with Gasteiger partial charge in [0.05, 0.1) is 0 Å². The van der Waals surface area contributed by atoms with Crippen LogP contribution < -0.4 is 0 Å². The van der Waals surface area contributed by atoms with Crippen LogP contribution in [-0.4, -0.2) is 23.1 Å². The fourth-order valence-corrected chi connectivity index (χ4v) is 2.00. The van der Waals surface area contributed by atoms with Gasteiger partial charge in [0.1, 0.15) is 11.4 Å². The average Bonchev–Trinajstić information content (AvgIpc) is 2.26. The summed E-state index contributed by atoms with van der Waals surface area (Å²) in [6.07, 6.45) is 0.365. The molecule has 0 aromatic heterocycles. The fourth-order valence-electron chi connectivity index (χ4n) is 2.00. The molecule has 0 radical (unpaired) electrons. The Balaban J connectivity index is 2.08. The van der Waals surface area contributed by atoms with Crippen LogP contribution in [0.4, 0.5) is 9.18 Å². The summed E-state index contributed by atoms with van der Waals surface area (Å²) in [5.41, 5.74) is 1.49. The molecule has 4 heteroatoms. The van der Waals surface area contributed by atoms with Crippen LogP contribution in [0.15, 0.2) is 18.2 Å². The van der Waals surface area contributed by atoms with Crippen molar-refractivity contribution in [2.45, 2.75) is 39.3 Å². The summed E-state index contributed by atoms with van der Waals surface area (Å²) >= 11 is 0. The molecule has 0 N–H and O–H groups in total. The molecule has 0 saturated heterocycles. The number of rotatable bonds is 0. The zero-order valence-electron chi connectivity index (χ0n) is 11.0. The lowest BCUT2D eigenvalue weighted by molar-refractivity contribution is 0.0224. The minimum atomic E-state index is -0.486. The number of carbonyl (C=O) groups excluding carboxylic acids is 1. The van der Waals surface area contributed by atoms with Gasteiger partial charge in [0.2, 0.25) is 0 Å². The van der Waals surface area contributed by atoms with E-state index in [-0.39, 0.29) is 11.9 Å². The van der Waals surface area contributed by atoms with E-state index in [1.165, 1.54) is 6.07 Å². The predicted molar refractivity (Wildman–Crippen MR) is 66.7 cm³/mol. The Morgan fingerprint density at radius 1 is 1.33 bits per heavy atom. The first-order valence-corrected chi connectivity index (χ1v) is 6.10. The molecule has 1 aliphatic heterocycles. The van der Waals surface area contributed by atoms with E-state index in [1.807, 2.05) is 20.8 Å². The van der Waals surface area contributed by atoms with E-state index in [4.69, 9.17) is 4.74 Å². The molecule has 0 spiro atoms. The van der Waals surface area contributed by atoms with Gasteiger partial charge >= 0.3 is 6.09 Å². The first-order valence-electron chi connectivity index (χ1n) is 6.10. The van der Waals surface area contributed by atoms with Gasteiger partial charge in [0, 0.05) is 13.1 Å². The Morgan fingerprint density at radius 3 is 2.72 bits per heavy atom. The highest BCUT2D eigenvalue weighted by Crippen LogP contribution is 2.21. The molecule has 0 atom stereocenters. The van der Waals surface area contributed by atoms with Crippen LogP contribution in [0.1, 0.15) is 31.9 Å². The Bertz CT molecular complexity index is 465. The molecule has 18 heavy (non-hydrogen) atoms. The number of nitrogens with zero attached hydrogens (tertiary/aromatic N) is 1. The maximum absolute atomic E-state index is 13.1. The highest BCUT2D eigenvalue weighted by atomic mass is 19.1. The molecule has 0 unspecified atom stereocenters. The van der Waals surface area contributed by atoms with Crippen LogP contribution in [0.5, 0.6) is 0 Å². The number of benzene rings is 1. The molecular formula is C14H18FNO2. The third-order valence-electron chi connectivity index (χ3n) is 2.83. The SMILES string of the molecule is CC(C)(C)OC(=O)N1CCc2cc(F)ccc2C1. The Kier molecular flexibility index (Phi) is 3.28. The summed E-state index contributed by atoms with van der Waals surface area (Å²) in [5.74, 6) is -0.223. The monoisotopic (exact) mass is 251 g/mol. The van der Waals surface area contributed by atoms with Crippen molar-refractivity contribution in [2.24, 2.45) is 0 Å². The highest BCUT2D eigenvalue weighted by molar-refractivity contribution is 5.68. The van der Waals surface area contributed by atoms with Gasteiger partial charge in [0.15, 0.2) is 0 Å². The maximum Gasteiger partial charge on any atom is 0.410 e. The second-order valence-corrected chi connectivity index (χ2v) is 5.56. The topological polar surface area (TPSA) is 29.5 Å². The first-order chi connectivity index (χ1) is 8.35. The van der Waals surface area contributed by atoms with Gasteiger partial charge in [-0.2, -0.15) is 0 Å². The van der Waals surface area contributed by atoms with Gasteiger partial charge in [0.25, 0.3) is 0 Å². The lowest BCUT2D eigenvalue weighted by atomic mass is 10.00. The Hall–Kier alpha value is -1.58. The lowest BCUT2D eigenvalue weighted by Crippen LogP contribution is -2.39. The van der Waals surface area contributed by atoms with Gasteiger partial charge in [-0.3, -0.25) is 0 Å². The summed E-state index contributed by atoms with van der Waals surface area (Å²) in [5, 5.41) is 0. The van der Waals surface area contributed by atoms with Crippen molar-refractivity contribution in [1.29, 1.82) is 0 Å². The van der Waals surface area contributed by atoms with Gasteiger partial charge in [-0.25, -0.2) is 9.18 Å². The summed E-state index contributed by atoms with van der Waals surface area (Å²) in [6.45, 7) is 6.60. The molecule has 0 bridgehead atoms. The highest BCUT2D eigenvalue weighted by Gasteiger charge is 2.25. The van der Waals surface area contributed by atoms with E-state index in [1.54, 1.807) is 17.0 Å². The van der Waals surface area contributed by atoms with Crippen molar-refractivity contribution in [1.82, 2.24) is 4.90 Å². The van der Waals surface area contributed by atoms with Crippen LogP contribution in [0.3, 0.4) is 0 Å². The van der Waals surface area contributed by atoms with Crippen molar-refractivity contribution in [3.05, 3.63) is 35.1 Å². The van der Waals surface area contributed by atoms with Crippen LogP contribution in [0.25, 0.3) is 0 Å². The fraction of sp³-hybridized carbons (Fsp3) is 0.500.